The Morgan fingerprint density at radius 1 is 1.17 bits per heavy atom. The van der Waals surface area contributed by atoms with Crippen molar-refractivity contribution in [3.63, 3.8) is 0 Å². The van der Waals surface area contributed by atoms with E-state index in [2.05, 4.69) is 10.6 Å². The Bertz CT molecular complexity index is 1250. The van der Waals surface area contributed by atoms with Crippen molar-refractivity contribution in [3.05, 3.63) is 64.7 Å². The number of nitrogens with zero attached hydrogens (tertiary/aromatic N) is 1. The number of ether oxygens (including phenoxy) is 1. The van der Waals surface area contributed by atoms with Gasteiger partial charge in [0.1, 0.15) is 0 Å². The third kappa shape index (κ3) is 7.75. The molecule has 3 atom stereocenters. The number of nitrogens with two attached hydrogens (primary N) is 1. The van der Waals surface area contributed by atoms with Crippen molar-refractivity contribution in [3.8, 4) is 0 Å². The molecule has 42 heavy (non-hydrogen) atoms. The number of aliphatic hydroxyl groups is 1. The number of benzene rings is 2. The predicted molar refractivity (Wildman–Crippen MR) is 166 cm³/mol. The van der Waals surface area contributed by atoms with Gasteiger partial charge in [0.25, 0.3) is 0 Å². The Hall–Kier alpha value is -2.85. The maximum absolute atomic E-state index is 13.6. The van der Waals surface area contributed by atoms with Gasteiger partial charge in [0.15, 0.2) is 0 Å². The average molecular weight is 622 g/mol. The first-order chi connectivity index (χ1) is 19.4. The molecule has 2 aliphatic rings. The highest BCUT2D eigenvalue weighted by Crippen LogP contribution is 2.44. The van der Waals surface area contributed by atoms with Crippen LogP contribution in [-0.2, 0) is 26.2 Å². The summed E-state index contributed by atoms with van der Waals surface area (Å²) in [6, 6.07) is 14.1. The Morgan fingerprint density at radius 3 is 2.45 bits per heavy atom. The number of alkyl carbamates (subject to hydrolysis) is 1. The highest BCUT2D eigenvalue weighted by molar-refractivity contribution is 6.30. The fraction of sp³-hybridized carbons (Fsp3) is 0.516. The molecule has 0 aromatic heterocycles. The first-order valence-electron chi connectivity index (χ1n) is 14.1. The van der Waals surface area contributed by atoms with E-state index in [1.54, 1.807) is 17.0 Å². The average Bonchev–Trinajstić information content (AvgIpc) is 2.90. The fourth-order valence-electron chi connectivity index (χ4n) is 5.97. The van der Waals surface area contributed by atoms with E-state index in [1.807, 2.05) is 50.2 Å². The van der Waals surface area contributed by atoms with Gasteiger partial charge in [-0.2, -0.15) is 0 Å². The van der Waals surface area contributed by atoms with Crippen LogP contribution in [0.15, 0.2) is 48.5 Å². The third-order valence-electron chi connectivity index (χ3n) is 8.38. The van der Waals surface area contributed by atoms with Crippen LogP contribution in [0, 0.1) is 5.41 Å². The van der Waals surface area contributed by atoms with E-state index < -0.39 is 29.1 Å². The summed E-state index contributed by atoms with van der Waals surface area (Å²) in [4.78, 5) is 40.3. The molecular weight excluding hydrogens is 579 g/mol. The smallest absolute Gasteiger partial charge is 0.407 e. The van der Waals surface area contributed by atoms with Gasteiger partial charge in [0.2, 0.25) is 11.8 Å². The molecule has 230 valence electrons. The van der Waals surface area contributed by atoms with E-state index in [0.29, 0.717) is 24.4 Å². The van der Waals surface area contributed by atoms with Gasteiger partial charge in [-0.1, -0.05) is 62.2 Å². The van der Waals surface area contributed by atoms with Crippen molar-refractivity contribution in [1.29, 1.82) is 0 Å². The third-order valence-corrected chi connectivity index (χ3v) is 8.63. The van der Waals surface area contributed by atoms with Crippen molar-refractivity contribution >= 4 is 47.6 Å². The highest BCUT2D eigenvalue weighted by atomic mass is 35.5. The quantitative estimate of drug-likeness (QED) is 0.316. The molecule has 1 aliphatic heterocycles. The number of carbonyl (C=O) groups excluding carboxylic acids is 3. The lowest BCUT2D eigenvalue weighted by Crippen LogP contribution is -2.53. The highest BCUT2D eigenvalue weighted by Gasteiger charge is 2.45. The zero-order chi connectivity index (χ0) is 29.8. The number of para-hydroxylation sites is 1. The number of carbonyl (C=O) groups is 3. The van der Waals surface area contributed by atoms with E-state index in [0.717, 1.165) is 36.1 Å². The number of halogens is 2. The zero-order valence-electron chi connectivity index (χ0n) is 24.4. The number of hydrogen-bond donors (Lipinski definition) is 4. The Labute approximate surface area is 258 Å². The summed E-state index contributed by atoms with van der Waals surface area (Å²) in [5.41, 5.74) is 7.98. The number of aliphatic hydroxyl groups excluding tert-OH is 1. The standard InChI is InChI=1S/C31H41ClN4O5.ClH/c1-30(2,17-27(38)36-19-23(35-29(40)41-3)15-20-7-4-5-8-25(20)36)16-24(33)26(37)18-34-28(39)31(13-6-14-31)21-9-11-22(32)12-10-21;/h4-5,7-12,23-24,26,37H,6,13-19,33H2,1-3H3,(H,34,39)(H,35,40);1H/t23?,24-,26-;/m0./s1. The summed E-state index contributed by atoms with van der Waals surface area (Å²) < 4.78 is 4.75. The largest absolute Gasteiger partial charge is 0.453 e. The summed E-state index contributed by atoms with van der Waals surface area (Å²) in [6.07, 6.45) is 2.10. The second-order valence-electron chi connectivity index (χ2n) is 12.1. The number of rotatable bonds is 10. The molecular formula is C31H42Cl2N4O5. The molecule has 1 fully saturated rings. The van der Waals surface area contributed by atoms with Gasteiger partial charge in [-0.05, 0) is 60.4 Å². The summed E-state index contributed by atoms with van der Waals surface area (Å²) >= 11 is 6.03. The summed E-state index contributed by atoms with van der Waals surface area (Å²) in [5, 5.41) is 17.2. The van der Waals surface area contributed by atoms with Gasteiger partial charge in [-0.25, -0.2) is 4.79 Å². The lowest BCUT2D eigenvalue weighted by molar-refractivity contribution is -0.130. The molecule has 2 aromatic rings. The number of hydrogen-bond acceptors (Lipinski definition) is 6. The van der Waals surface area contributed by atoms with Crippen molar-refractivity contribution in [2.75, 3.05) is 25.1 Å². The minimum absolute atomic E-state index is 0. The maximum atomic E-state index is 13.6. The molecule has 2 aromatic carbocycles. The molecule has 9 nitrogen and oxygen atoms in total. The minimum Gasteiger partial charge on any atom is -0.453 e. The molecule has 3 amide bonds. The van der Waals surface area contributed by atoms with Crippen LogP contribution in [0.4, 0.5) is 10.5 Å². The van der Waals surface area contributed by atoms with Gasteiger partial charge in [0, 0.05) is 36.3 Å². The topological polar surface area (TPSA) is 134 Å². The zero-order valence-corrected chi connectivity index (χ0v) is 26.0. The van der Waals surface area contributed by atoms with Crippen LogP contribution >= 0.6 is 24.0 Å². The van der Waals surface area contributed by atoms with E-state index in [4.69, 9.17) is 22.1 Å². The molecule has 4 rings (SSSR count). The molecule has 0 spiro atoms. The Morgan fingerprint density at radius 2 is 1.83 bits per heavy atom. The predicted octanol–water partition coefficient (Wildman–Crippen LogP) is 4.11. The van der Waals surface area contributed by atoms with Crippen molar-refractivity contribution in [2.24, 2.45) is 11.1 Å². The SMILES string of the molecule is COC(=O)NC1Cc2ccccc2N(C(=O)CC(C)(C)C[C@H](N)[C@@H](O)CNC(=O)C2(c3ccc(Cl)cc3)CCC2)C1.Cl. The van der Waals surface area contributed by atoms with Gasteiger partial charge in [-0.3, -0.25) is 9.59 Å². The van der Waals surface area contributed by atoms with Gasteiger partial charge < -0.3 is 31.1 Å². The monoisotopic (exact) mass is 620 g/mol. The first kappa shape index (κ1) is 33.6. The lowest BCUT2D eigenvalue weighted by atomic mass is 9.64. The normalized spacial score (nSPS) is 18.8. The molecule has 0 saturated heterocycles. The van der Waals surface area contributed by atoms with Crippen LogP contribution in [0.25, 0.3) is 0 Å². The summed E-state index contributed by atoms with van der Waals surface area (Å²) in [5.74, 6) is -0.214. The molecule has 0 radical (unpaired) electrons. The van der Waals surface area contributed by atoms with E-state index in [1.165, 1.54) is 7.11 Å². The van der Waals surface area contributed by atoms with E-state index in [-0.39, 0.29) is 43.2 Å². The second-order valence-corrected chi connectivity index (χ2v) is 12.5. The van der Waals surface area contributed by atoms with Crippen LogP contribution in [0.1, 0.15) is 57.1 Å². The van der Waals surface area contributed by atoms with Crippen LogP contribution in [0.5, 0.6) is 0 Å². The molecule has 1 heterocycles. The van der Waals surface area contributed by atoms with Crippen LogP contribution in [0.3, 0.4) is 0 Å². The van der Waals surface area contributed by atoms with Crippen LogP contribution < -0.4 is 21.3 Å². The fourth-order valence-corrected chi connectivity index (χ4v) is 6.09. The number of anilines is 1. The van der Waals surface area contributed by atoms with Crippen molar-refractivity contribution < 1.29 is 24.2 Å². The van der Waals surface area contributed by atoms with Crippen molar-refractivity contribution in [2.45, 2.75) is 76.0 Å². The molecule has 1 unspecified atom stereocenters. The van der Waals surface area contributed by atoms with E-state index >= 15 is 0 Å². The van der Waals surface area contributed by atoms with Gasteiger partial charge in [0.05, 0.1) is 24.7 Å². The summed E-state index contributed by atoms with van der Waals surface area (Å²) in [6.45, 7) is 4.25. The van der Waals surface area contributed by atoms with Crippen LogP contribution in [0.2, 0.25) is 5.02 Å². The van der Waals surface area contributed by atoms with Crippen molar-refractivity contribution in [1.82, 2.24) is 10.6 Å². The second kappa shape index (κ2) is 14.1. The molecule has 11 heteroatoms. The number of amides is 3. The molecule has 5 N–H and O–H groups in total. The molecule has 1 saturated carbocycles. The number of methoxy groups -OCH3 is 1. The van der Waals surface area contributed by atoms with Gasteiger partial charge >= 0.3 is 6.09 Å². The Balaban J connectivity index is 0.00000484. The maximum Gasteiger partial charge on any atom is 0.407 e. The number of fused-ring (bicyclic) bond motifs is 1. The molecule has 1 aliphatic carbocycles. The minimum atomic E-state index is -0.972. The Kier molecular flexibility index (Phi) is 11.3. The van der Waals surface area contributed by atoms with Crippen LogP contribution in [-0.4, -0.2) is 61.4 Å². The first-order valence-corrected chi connectivity index (χ1v) is 14.5. The lowest BCUT2D eigenvalue weighted by Gasteiger charge is -2.41. The number of nitrogens with one attached hydrogen (secondary N) is 2. The van der Waals surface area contributed by atoms with E-state index in [9.17, 15) is 19.5 Å². The molecule has 0 bridgehead atoms. The van der Waals surface area contributed by atoms with Gasteiger partial charge in [-0.15, -0.1) is 12.4 Å². The summed E-state index contributed by atoms with van der Waals surface area (Å²) in [7, 11) is 1.31.